The van der Waals surface area contributed by atoms with E-state index in [2.05, 4.69) is 11.8 Å². The number of non-ortho nitro benzene ring substituents is 1. The monoisotopic (exact) mass is 332 g/mol. The molecule has 2 aromatic carbocycles. The van der Waals surface area contributed by atoms with Crippen molar-refractivity contribution in [3.8, 4) is 11.5 Å². The van der Waals surface area contributed by atoms with Crippen LogP contribution in [-0.2, 0) is 0 Å². The van der Waals surface area contributed by atoms with E-state index in [0.717, 1.165) is 5.56 Å². The van der Waals surface area contributed by atoms with E-state index >= 15 is 0 Å². The zero-order valence-corrected chi connectivity index (χ0v) is 13.7. The van der Waals surface area contributed by atoms with E-state index < -0.39 is 11.4 Å². The second-order valence-electron chi connectivity index (χ2n) is 5.51. The number of nitro groups is 1. The highest BCUT2D eigenvalue weighted by molar-refractivity contribution is 5.36. The Labute approximate surface area is 140 Å². The lowest BCUT2D eigenvalue weighted by Gasteiger charge is -2.21. The van der Waals surface area contributed by atoms with Gasteiger partial charge in [-0.2, -0.15) is 0 Å². The highest BCUT2D eigenvalue weighted by atomic mass is 16.8. The van der Waals surface area contributed by atoms with Gasteiger partial charge in [0.2, 0.25) is 0 Å². The summed E-state index contributed by atoms with van der Waals surface area (Å²) in [4.78, 5) is 12.2. The van der Waals surface area contributed by atoms with E-state index in [9.17, 15) is 15.2 Å². The molecule has 0 amide bonds. The molecule has 24 heavy (non-hydrogen) atoms. The predicted octanol–water partition coefficient (Wildman–Crippen LogP) is 2.95. The van der Waals surface area contributed by atoms with Crippen LogP contribution in [-0.4, -0.2) is 35.5 Å². The van der Waals surface area contributed by atoms with Gasteiger partial charge in [-0.25, -0.2) is 0 Å². The Morgan fingerprint density at radius 2 is 1.71 bits per heavy atom. The standard InChI is InChI=1S/C17H20N2O5/c1-12(18(2)3)13-5-4-6-16(11-13)24-17(20)23-15-9-7-14(8-10-15)19(21)22/h4-12,17,20H,1-3H3/t12-,17?/m0/s1. The number of benzene rings is 2. The number of aliphatic hydroxyl groups is 1. The number of hydrogen-bond donors (Lipinski definition) is 1. The first-order valence-corrected chi connectivity index (χ1v) is 7.39. The lowest BCUT2D eigenvalue weighted by Crippen LogP contribution is -2.23. The van der Waals surface area contributed by atoms with Crippen LogP contribution in [0.1, 0.15) is 18.5 Å². The van der Waals surface area contributed by atoms with Gasteiger partial charge in [-0.15, -0.1) is 0 Å². The van der Waals surface area contributed by atoms with Gasteiger partial charge in [-0.1, -0.05) is 12.1 Å². The van der Waals surface area contributed by atoms with Crippen molar-refractivity contribution in [1.29, 1.82) is 0 Å². The number of ether oxygens (including phenoxy) is 2. The van der Waals surface area contributed by atoms with E-state index in [0.29, 0.717) is 5.75 Å². The smallest absolute Gasteiger partial charge is 0.358 e. The zero-order chi connectivity index (χ0) is 17.7. The first kappa shape index (κ1) is 17.7. The van der Waals surface area contributed by atoms with E-state index in [4.69, 9.17) is 9.47 Å². The van der Waals surface area contributed by atoms with Crippen molar-refractivity contribution in [3.05, 3.63) is 64.2 Å². The Morgan fingerprint density at radius 1 is 1.08 bits per heavy atom. The SMILES string of the molecule is C[C@@H](c1cccc(OC(O)Oc2ccc([N+](=O)[O-])cc2)c1)N(C)C. The predicted molar refractivity (Wildman–Crippen MR) is 88.9 cm³/mol. The highest BCUT2D eigenvalue weighted by Crippen LogP contribution is 2.23. The van der Waals surface area contributed by atoms with Crippen LogP contribution in [0.15, 0.2) is 48.5 Å². The molecule has 0 aliphatic rings. The average Bonchev–Trinajstić information content (AvgIpc) is 2.54. The van der Waals surface area contributed by atoms with Gasteiger partial charge in [-0.3, -0.25) is 10.1 Å². The van der Waals surface area contributed by atoms with Crippen LogP contribution in [0.5, 0.6) is 11.5 Å². The van der Waals surface area contributed by atoms with Gasteiger partial charge >= 0.3 is 6.48 Å². The molecule has 1 N–H and O–H groups in total. The van der Waals surface area contributed by atoms with Crippen LogP contribution in [0.4, 0.5) is 5.69 Å². The maximum atomic E-state index is 10.6. The lowest BCUT2D eigenvalue weighted by molar-refractivity contribution is -0.384. The topological polar surface area (TPSA) is 85.1 Å². The average molecular weight is 332 g/mol. The van der Waals surface area contributed by atoms with Crippen LogP contribution >= 0.6 is 0 Å². The van der Waals surface area contributed by atoms with Crippen molar-refractivity contribution in [3.63, 3.8) is 0 Å². The second kappa shape index (κ2) is 7.76. The minimum atomic E-state index is -1.52. The third-order valence-electron chi connectivity index (χ3n) is 3.64. The van der Waals surface area contributed by atoms with Crippen LogP contribution in [0.2, 0.25) is 0 Å². The maximum Gasteiger partial charge on any atom is 0.358 e. The molecule has 0 bridgehead atoms. The molecule has 7 nitrogen and oxygen atoms in total. The van der Waals surface area contributed by atoms with Gasteiger partial charge in [0.15, 0.2) is 0 Å². The van der Waals surface area contributed by atoms with Crippen LogP contribution in [0.25, 0.3) is 0 Å². The number of hydrogen-bond acceptors (Lipinski definition) is 6. The molecular formula is C17H20N2O5. The minimum Gasteiger partial charge on any atom is -0.432 e. The fourth-order valence-electron chi connectivity index (χ4n) is 2.05. The molecule has 0 saturated heterocycles. The van der Waals surface area contributed by atoms with Crippen molar-refractivity contribution in [2.75, 3.05) is 14.1 Å². The third kappa shape index (κ3) is 4.68. The molecule has 0 aliphatic heterocycles. The van der Waals surface area contributed by atoms with Crippen molar-refractivity contribution < 1.29 is 19.5 Å². The summed E-state index contributed by atoms with van der Waals surface area (Å²) in [6, 6.07) is 12.9. The molecule has 0 aromatic heterocycles. The first-order chi connectivity index (χ1) is 11.4. The Balaban J connectivity index is 2.00. The molecule has 0 spiro atoms. The summed E-state index contributed by atoms with van der Waals surface area (Å²) in [6.07, 6.45) is 0. The van der Waals surface area contributed by atoms with Gasteiger partial charge in [0, 0.05) is 18.2 Å². The molecule has 2 rings (SSSR count). The molecule has 0 heterocycles. The number of nitrogens with zero attached hydrogens (tertiary/aromatic N) is 2. The first-order valence-electron chi connectivity index (χ1n) is 7.39. The summed E-state index contributed by atoms with van der Waals surface area (Å²) in [5, 5.41) is 20.5. The van der Waals surface area contributed by atoms with Gasteiger partial charge in [0.25, 0.3) is 5.69 Å². The van der Waals surface area contributed by atoms with E-state index in [1.54, 1.807) is 6.07 Å². The minimum absolute atomic E-state index is 0.0527. The van der Waals surface area contributed by atoms with Crippen molar-refractivity contribution in [1.82, 2.24) is 4.90 Å². The van der Waals surface area contributed by atoms with Gasteiger partial charge < -0.3 is 19.5 Å². The molecule has 2 atom stereocenters. The summed E-state index contributed by atoms with van der Waals surface area (Å²) in [5.74, 6) is 0.738. The summed E-state index contributed by atoms with van der Waals surface area (Å²) < 4.78 is 10.5. The van der Waals surface area contributed by atoms with Gasteiger partial charge in [-0.05, 0) is 50.8 Å². The molecule has 7 heteroatoms. The highest BCUT2D eigenvalue weighted by Gasteiger charge is 2.12. The summed E-state index contributed by atoms with van der Waals surface area (Å²) in [6.45, 7) is 0.541. The quantitative estimate of drug-likeness (QED) is 0.477. The molecule has 0 aliphatic carbocycles. The number of aliphatic hydroxyl groups excluding tert-OH is 1. The van der Waals surface area contributed by atoms with Crippen molar-refractivity contribution in [2.45, 2.75) is 19.4 Å². The molecule has 0 fully saturated rings. The zero-order valence-electron chi connectivity index (χ0n) is 13.7. The van der Waals surface area contributed by atoms with Gasteiger partial charge in [0.05, 0.1) is 4.92 Å². The van der Waals surface area contributed by atoms with Crippen LogP contribution < -0.4 is 9.47 Å². The van der Waals surface area contributed by atoms with Crippen LogP contribution in [0.3, 0.4) is 0 Å². The van der Waals surface area contributed by atoms with E-state index in [-0.39, 0.29) is 17.5 Å². The third-order valence-corrected chi connectivity index (χ3v) is 3.64. The van der Waals surface area contributed by atoms with Crippen LogP contribution in [0, 0.1) is 10.1 Å². The fraction of sp³-hybridized carbons (Fsp3) is 0.294. The Hall–Kier alpha value is -2.64. The summed E-state index contributed by atoms with van der Waals surface area (Å²) in [7, 11) is 3.95. The molecular weight excluding hydrogens is 312 g/mol. The van der Waals surface area contributed by atoms with E-state index in [1.165, 1.54) is 24.3 Å². The molecule has 1 unspecified atom stereocenters. The van der Waals surface area contributed by atoms with E-state index in [1.807, 2.05) is 32.3 Å². The molecule has 2 aromatic rings. The largest absolute Gasteiger partial charge is 0.432 e. The number of rotatable bonds is 7. The Bertz CT molecular complexity index is 688. The normalized spacial score (nSPS) is 13.4. The Kier molecular flexibility index (Phi) is 5.73. The molecule has 0 saturated carbocycles. The van der Waals surface area contributed by atoms with Gasteiger partial charge in [0.1, 0.15) is 11.5 Å². The maximum absolute atomic E-state index is 10.6. The lowest BCUT2D eigenvalue weighted by atomic mass is 10.1. The fourth-order valence-corrected chi connectivity index (χ4v) is 2.05. The van der Waals surface area contributed by atoms with Crippen molar-refractivity contribution in [2.24, 2.45) is 0 Å². The molecule has 128 valence electrons. The summed E-state index contributed by atoms with van der Waals surface area (Å²) >= 11 is 0. The molecule has 0 radical (unpaired) electrons. The van der Waals surface area contributed by atoms with Crippen molar-refractivity contribution >= 4 is 5.69 Å². The number of nitro benzene ring substituents is 1. The second-order valence-corrected chi connectivity index (χ2v) is 5.51. The summed E-state index contributed by atoms with van der Waals surface area (Å²) in [5.41, 5.74) is 0.989. The Morgan fingerprint density at radius 3 is 2.29 bits per heavy atom.